The number of esters is 1. The van der Waals surface area contributed by atoms with Gasteiger partial charge >= 0.3 is 5.97 Å². The molecule has 1 heterocycles. The number of methoxy groups -OCH3 is 1. The zero-order chi connectivity index (χ0) is 20.9. The molecular weight excluding hydrogens is 501 g/mol. The monoisotopic (exact) mass is 535 g/mol. The molecule has 1 aromatic carbocycles. The molecule has 0 aromatic heterocycles. The number of ether oxygens (including phenoxy) is 2. The van der Waals surface area contributed by atoms with Crippen molar-refractivity contribution in [1.29, 1.82) is 0 Å². The fraction of sp³-hybridized carbons (Fsp3) is 0.615. The summed E-state index contributed by atoms with van der Waals surface area (Å²) in [5.74, 6) is 3.68. The molecule has 3 aliphatic carbocycles. The quantitative estimate of drug-likeness (QED) is 0.335. The first-order chi connectivity index (χ1) is 14.5. The number of hydrogen-bond acceptors (Lipinski definition) is 4. The van der Waals surface area contributed by atoms with E-state index in [0.717, 1.165) is 37.5 Å². The van der Waals surface area contributed by atoms with Crippen molar-refractivity contribution >= 4 is 5.97 Å². The van der Waals surface area contributed by atoms with E-state index in [9.17, 15) is 4.79 Å². The summed E-state index contributed by atoms with van der Waals surface area (Å²) in [6, 6.07) is 6.67. The number of carbonyl (C=O) groups is 1. The summed E-state index contributed by atoms with van der Waals surface area (Å²) < 4.78 is 11.6. The first-order valence-electron chi connectivity index (χ1n) is 11.6. The van der Waals surface area contributed by atoms with Gasteiger partial charge in [0, 0.05) is 5.41 Å². The number of rotatable bonds is 3. The Bertz CT molecular complexity index is 855. The number of hydrogen-bond donors (Lipinski definition) is 0. The van der Waals surface area contributed by atoms with Crippen molar-refractivity contribution in [2.45, 2.75) is 57.5 Å². The predicted octanol–water partition coefficient (Wildman–Crippen LogP) is 1.54. The number of fused-ring (bicyclic) bond motifs is 5. The molecule has 0 unspecified atom stereocenters. The summed E-state index contributed by atoms with van der Waals surface area (Å²) in [4.78, 5) is 15.0. The molecule has 1 aliphatic heterocycles. The van der Waals surface area contributed by atoms with Crippen LogP contribution in [0.2, 0.25) is 0 Å². The number of aryl methyl sites for hydroxylation is 1. The molecule has 5 rings (SSSR count). The second-order valence-corrected chi connectivity index (χ2v) is 10.1. The van der Waals surface area contributed by atoms with E-state index in [1.807, 2.05) is 13.1 Å². The molecule has 0 saturated heterocycles. The molecule has 168 valence electrons. The van der Waals surface area contributed by atoms with Gasteiger partial charge in [-0.15, -0.1) is 0 Å². The average Bonchev–Trinajstić information content (AvgIpc) is 3.09. The third kappa shape index (κ3) is 4.01. The van der Waals surface area contributed by atoms with Crippen LogP contribution >= 0.6 is 0 Å². The van der Waals surface area contributed by atoms with Gasteiger partial charge in [0.1, 0.15) is 24.5 Å². The maximum absolute atomic E-state index is 12.9. The zero-order valence-electron chi connectivity index (χ0n) is 18.9. The minimum Gasteiger partial charge on any atom is -1.00 e. The third-order valence-corrected chi connectivity index (χ3v) is 8.53. The van der Waals surface area contributed by atoms with Gasteiger partial charge in [-0.05, 0) is 86.6 Å². The van der Waals surface area contributed by atoms with Crippen molar-refractivity contribution in [3.05, 3.63) is 47.4 Å². The Hall–Kier alpha value is -1.21. The van der Waals surface area contributed by atoms with Crippen LogP contribution < -0.4 is 28.7 Å². The molecule has 4 aliphatic rings. The summed E-state index contributed by atoms with van der Waals surface area (Å²) in [6.07, 6.45) is 11.0. The van der Waals surface area contributed by atoms with Crippen molar-refractivity contribution in [3.63, 3.8) is 0 Å². The zero-order valence-corrected chi connectivity index (χ0v) is 21.1. The van der Waals surface area contributed by atoms with Crippen LogP contribution in [-0.4, -0.2) is 44.2 Å². The smallest absolute Gasteiger partial charge is 0.420 e. The highest BCUT2D eigenvalue weighted by Gasteiger charge is 2.56. The lowest BCUT2D eigenvalue weighted by molar-refractivity contribution is -0.155. The molecule has 0 N–H and O–H groups in total. The van der Waals surface area contributed by atoms with Crippen LogP contribution in [0.4, 0.5) is 0 Å². The van der Waals surface area contributed by atoms with Crippen LogP contribution in [0.3, 0.4) is 0 Å². The topological polar surface area (TPSA) is 38.8 Å². The van der Waals surface area contributed by atoms with Gasteiger partial charge in [-0.2, -0.15) is 0 Å². The van der Waals surface area contributed by atoms with Gasteiger partial charge in [-0.25, -0.2) is 4.79 Å². The van der Waals surface area contributed by atoms with Gasteiger partial charge in [-0.1, -0.05) is 13.0 Å². The molecular formula is C26H34INO3. The molecule has 5 atom stereocenters. The van der Waals surface area contributed by atoms with Crippen LogP contribution in [0.5, 0.6) is 5.75 Å². The Kier molecular flexibility index (Phi) is 6.64. The normalized spacial score (nSPS) is 34.2. The van der Waals surface area contributed by atoms with E-state index in [2.05, 4.69) is 36.1 Å². The Balaban J connectivity index is 0.00000231. The molecule has 31 heavy (non-hydrogen) atoms. The van der Waals surface area contributed by atoms with Crippen molar-refractivity contribution in [2.24, 2.45) is 17.3 Å². The largest absolute Gasteiger partial charge is 1.00 e. The molecule has 2 fully saturated rings. The number of nitrogens with zero attached hydrogens (tertiary/aromatic N) is 1. The summed E-state index contributed by atoms with van der Waals surface area (Å²) in [7, 11) is 3.79. The maximum atomic E-state index is 12.9. The summed E-state index contributed by atoms with van der Waals surface area (Å²) in [6.45, 7) is 3.99. The molecule has 4 nitrogen and oxygen atoms in total. The second kappa shape index (κ2) is 8.97. The van der Waals surface area contributed by atoms with E-state index in [1.165, 1.54) is 24.8 Å². The van der Waals surface area contributed by atoms with E-state index in [1.54, 1.807) is 12.7 Å². The van der Waals surface area contributed by atoms with Gasteiger partial charge in [0.05, 0.1) is 19.7 Å². The lowest BCUT2D eigenvalue weighted by Crippen LogP contribution is -3.00. The van der Waals surface area contributed by atoms with Gasteiger partial charge in [0.2, 0.25) is 0 Å². The van der Waals surface area contributed by atoms with Crippen LogP contribution in [0.15, 0.2) is 30.4 Å². The van der Waals surface area contributed by atoms with Crippen molar-refractivity contribution in [1.82, 2.24) is 4.90 Å². The highest BCUT2D eigenvalue weighted by molar-refractivity contribution is 5.88. The molecule has 0 amide bonds. The second-order valence-electron chi connectivity index (χ2n) is 10.1. The summed E-state index contributed by atoms with van der Waals surface area (Å²) in [5, 5.41) is 0. The standard InChI is InChI=1S/C26H34NO3.HI/c1-26-13-12-21-20-9-7-19(29-3)15-17(20)6-8-22(21)23(26)10-11-24(26)30-25(28)18-5-4-14-27(2)16-18;/h4-5,7,9,15,21-24H,6,8,10-14,16H2,1-3H3;1H/q+1;/p-1/t21-,22-,23+,24+,26+;/m1./s1. The summed E-state index contributed by atoms with van der Waals surface area (Å²) >= 11 is 0. The van der Waals surface area contributed by atoms with E-state index < -0.39 is 0 Å². The molecule has 0 bridgehead atoms. The number of halogens is 1. The Labute approximate surface area is 203 Å². The third-order valence-electron chi connectivity index (χ3n) is 8.53. The fourth-order valence-electron chi connectivity index (χ4n) is 6.95. The highest BCUT2D eigenvalue weighted by Crippen LogP contribution is 2.61. The van der Waals surface area contributed by atoms with E-state index >= 15 is 0 Å². The molecule has 0 spiro atoms. The predicted molar refractivity (Wildman–Crippen MR) is 117 cm³/mol. The van der Waals surface area contributed by atoms with Crippen molar-refractivity contribution < 1.29 is 38.2 Å². The van der Waals surface area contributed by atoms with Crippen LogP contribution in [0, 0.1) is 23.2 Å². The van der Waals surface area contributed by atoms with E-state index in [-0.39, 0.29) is 41.5 Å². The van der Waals surface area contributed by atoms with E-state index in [4.69, 9.17) is 9.47 Å². The van der Waals surface area contributed by atoms with Crippen LogP contribution in [0.25, 0.3) is 0 Å². The molecule has 1 aromatic rings. The van der Waals surface area contributed by atoms with Crippen LogP contribution in [0.1, 0.15) is 56.1 Å². The number of benzene rings is 1. The minimum atomic E-state index is -0.104. The SMILES string of the molecule is COc1ccc2c(c1)CC[C@@H]1[C@@H]2CC[C@]2(C)[C@@H](OC(=O)[C+]3C=CCN(C)C3)CC[C@@H]12.[I-]. The van der Waals surface area contributed by atoms with Crippen molar-refractivity contribution in [2.75, 3.05) is 27.2 Å². The molecule has 2 saturated carbocycles. The lowest BCUT2D eigenvalue weighted by Gasteiger charge is -2.50. The minimum absolute atomic E-state index is 0. The maximum Gasteiger partial charge on any atom is 0.420 e. The number of carbonyl (C=O) groups excluding carboxylic acids is 1. The average molecular weight is 535 g/mol. The fourth-order valence-corrected chi connectivity index (χ4v) is 6.95. The van der Waals surface area contributed by atoms with Crippen LogP contribution in [-0.2, 0) is 16.0 Å². The molecule has 5 heteroatoms. The van der Waals surface area contributed by atoms with Gasteiger partial charge in [0.15, 0.2) is 5.92 Å². The molecule has 0 radical (unpaired) electrons. The van der Waals surface area contributed by atoms with Gasteiger partial charge in [0.25, 0.3) is 0 Å². The van der Waals surface area contributed by atoms with E-state index in [0.29, 0.717) is 24.3 Å². The number of likely N-dealkylation sites (N-methyl/N-ethyl adjacent to an activating group) is 1. The lowest BCUT2D eigenvalue weighted by atomic mass is 9.55. The first kappa shape index (κ1) is 23.0. The summed E-state index contributed by atoms with van der Waals surface area (Å²) in [5.41, 5.74) is 3.14. The van der Waals surface area contributed by atoms with Gasteiger partial charge in [-0.3, -0.25) is 4.90 Å². The Morgan fingerprint density at radius 1 is 1.23 bits per heavy atom. The van der Waals surface area contributed by atoms with Gasteiger partial charge < -0.3 is 33.5 Å². The Morgan fingerprint density at radius 2 is 2.06 bits per heavy atom. The highest BCUT2D eigenvalue weighted by atomic mass is 127. The Morgan fingerprint density at radius 3 is 2.84 bits per heavy atom. The first-order valence-corrected chi connectivity index (χ1v) is 11.6. The van der Waals surface area contributed by atoms with Crippen molar-refractivity contribution in [3.8, 4) is 5.75 Å².